The van der Waals surface area contributed by atoms with Gasteiger partial charge in [0.25, 0.3) is 0 Å². The summed E-state index contributed by atoms with van der Waals surface area (Å²) in [7, 11) is 6.16. The van der Waals surface area contributed by atoms with Crippen molar-refractivity contribution in [1.82, 2.24) is 15.3 Å². The van der Waals surface area contributed by atoms with E-state index >= 15 is 0 Å². The quantitative estimate of drug-likeness (QED) is 0.0619. The summed E-state index contributed by atoms with van der Waals surface area (Å²) in [5.41, 5.74) is 14.3. The first-order valence-corrected chi connectivity index (χ1v) is 15.9. The molecule has 0 radical (unpaired) electrons. The van der Waals surface area contributed by atoms with Gasteiger partial charge in [-0.25, -0.2) is 9.97 Å². The Balaban J connectivity index is 0. The van der Waals surface area contributed by atoms with Gasteiger partial charge in [0.2, 0.25) is 11.4 Å². The number of nitrogen functional groups attached to an aromatic ring is 1. The zero-order valence-corrected chi connectivity index (χ0v) is 30.8. The number of nitrogens with one attached hydrogen (secondary N) is 1. The lowest BCUT2D eigenvalue weighted by atomic mass is 9.87. The van der Waals surface area contributed by atoms with Crippen LogP contribution in [0.25, 0.3) is 0 Å². The number of ether oxygens (including phenoxy) is 1. The molecule has 0 bridgehead atoms. The van der Waals surface area contributed by atoms with Gasteiger partial charge in [-0.05, 0) is 13.8 Å². The molecule has 276 valence electrons. The van der Waals surface area contributed by atoms with Gasteiger partial charge in [0.15, 0.2) is 12.2 Å². The van der Waals surface area contributed by atoms with Crippen LogP contribution in [-0.2, 0) is 32.1 Å². The fraction of sp³-hybridized carbons (Fsp3) is 0.667. The Kier molecular flexibility index (Phi) is 22.1. The van der Waals surface area contributed by atoms with Gasteiger partial charge in [-0.1, -0.05) is 25.2 Å². The summed E-state index contributed by atoms with van der Waals surface area (Å²) in [4.78, 5) is 43.1. The monoisotopic (exact) mass is 725 g/mol. The van der Waals surface area contributed by atoms with Gasteiger partial charge in [-0.15, -0.1) is 12.4 Å². The van der Waals surface area contributed by atoms with Crippen molar-refractivity contribution in [3.05, 3.63) is 33.7 Å². The lowest BCUT2D eigenvalue weighted by Gasteiger charge is -2.29. The van der Waals surface area contributed by atoms with Crippen molar-refractivity contribution in [2.45, 2.75) is 72.3 Å². The molecular formula is C30H56ClN7O9S+2. The molecule has 0 aliphatic heterocycles. The number of nitrogens with zero attached hydrogens (tertiary/aromatic N) is 4. The Morgan fingerprint density at radius 1 is 1.15 bits per heavy atom. The van der Waals surface area contributed by atoms with Crippen molar-refractivity contribution in [2.24, 2.45) is 11.1 Å². The number of quaternary nitrogens is 1. The zero-order chi connectivity index (χ0) is 36.5. The van der Waals surface area contributed by atoms with E-state index in [0.29, 0.717) is 24.6 Å². The molecule has 0 aliphatic rings. The summed E-state index contributed by atoms with van der Waals surface area (Å²) < 4.78 is 7.84. The summed E-state index contributed by atoms with van der Waals surface area (Å²) in [6.07, 6.45) is -0.384. The van der Waals surface area contributed by atoms with Crippen LogP contribution < -0.4 is 21.4 Å². The number of aliphatic hydroxyl groups is 4. The van der Waals surface area contributed by atoms with Crippen molar-refractivity contribution in [3.63, 3.8) is 0 Å². The maximum atomic E-state index is 11.7. The topological polar surface area (TPSA) is 255 Å². The third-order valence-corrected chi connectivity index (χ3v) is 7.77. The van der Waals surface area contributed by atoms with E-state index in [2.05, 4.69) is 41.0 Å². The Bertz CT molecular complexity index is 1270. The number of rotatable bonds is 15. The lowest BCUT2D eigenvalue weighted by Crippen LogP contribution is -2.48. The molecule has 2 aromatic heterocycles. The number of thiazole rings is 1. The van der Waals surface area contributed by atoms with Crippen LogP contribution in [0.4, 0.5) is 5.82 Å². The van der Waals surface area contributed by atoms with E-state index in [-0.39, 0.29) is 45.2 Å². The molecule has 1 unspecified atom stereocenters. The number of carbonyl (C=O) groups excluding carboxylic acids is 2. The van der Waals surface area contributed by atoms with E-state index in [1.807, 2.05) is 19.4 Å². The first-order valence-electron chi connectivity index (χ1n) is 15.0. The standard InChI is InChI=1S/C13H24N2O7.C12H17N4OS.C5H14NO.ClH/c1-7(16)9(14)12(21)22-6-13(2,3)10(19)11(20)15-5-4-8(17)18;1-8-11(3-4-17)18-7-16(8)6-10-5-14-9(2)15-12(10)13;1-6(2,3)4-5-7;/h7,9-10,16,19H,4-6,14H2,1-3H3,(H,15,20)(H,17,18);5,7,17H,3-4,6H2,1-2H3,(H2,13,14,15);7H,4-5H2,1-3H3;1H/q;2*+1;/t7-,9+,10?;;;/m1.../s1. The number of aliphatic carboxylic acids is 1. The minimum Gasteiger partial charge on any atom is -0.481 e. The van der Waals surface area contributed by atoms with Crippen LogP contribution in [-0.4, -0.2) is 130 Å². The third kappa shape index (κ3) is 18.5. The Morgan fingerprint density at radius 3 is 2.21 bits per heavy atom. The maximum absolute atomic E-state index is 11.7. The molecule has 0 saturated heterocycles. The minimum absolute atomic E-state index is 0. The van der Waals surface area contributed by atoms with Crippen molar-refractivity contribution in [2.75, 3.05) is 59.8 Å². The van der Waals surface area contributed by atoms with Gasteiger partial charge in [0.05, 0.1) is 57.3 Å². The van der Waals surface area contributed by atoms with Crippen LogP contribution in [0.1, 0.15) is 49.2 Å². The number of carboxylic acids is 1. The highest BCUT2D eigenvalue weighted by Crippen LogP contribution is 2.22. The number of nitrogens with two attached hydrogens (primary N) is 2. The molecule has 0 fully saturated rings. The molecular weight excluding hydrogens is 670 g/mol. The number of hydrogen-bond acceptors (Lipinski definition) is 13. The Morgan fingerprint density at radius 2 is 1.75 bits per heavy atom. The van der Waals surface area contributed by atoms with Gasteiger partial charge >= 0.3 is 11.9 Å². The fourth-order valence-corrected chi connectivity index (χ4v) is 4.42. The number of anilines is 1. The Hall–Kier alpha value is -3.03. The second kappa shape index (κ2) is 22.6. The van der Waals surface area contributed by atoms with E-state index in [9.17, 15) is 24.6 Å². The Labute approximate surface area is 292 Å². The number of aliphatic hydroxyl groups excluding tert-OH is 4. The fourth-order valence-electron chi connectivity index (χ4n) is 3.44. The number of amides is 1. The second-order valence-corrected chi connectivity index (χ2v) is 13.5. The number of hydrogen-bond donors (Lipinski definition) is 8. The van der Waals surface area contributed by atoms with E-state index in [4.69, 9.17) is 31.5 Å². The molecule has 10 N–H and O–H groups in total. The molecule has 2 heterocycles. The summed E-state index contributed by atoms with van der Waals surface area (Å²) in [6, 6.07) is -1.21. The van der Waals surface area contributed by atoms with Crippen LogP contribution in [0.15, 0.2) is 11.7 Å². The van der Waals surface area contributed by atoms with Crippen LogP contribution in [0.5, 0.6) is 0 Å². The van der Waals surface area contributed by atoms with Gasteiger partial charge in [-0.3, -0.25) is 14.4 Å². The summed E-state index contributed by atoms with van der Waals surface area (Å²) >= 11 is 1.65. The number of likely N-dealkylation sites (N-methyl/N-ethyl adjacent to an activating group) is 1. The summed E-state index contributed by atoms with van der Waals surface area (Å²) in [5, 5.41) is 47.2. The molecule has 3 atom stereocenters. The lowest BCUT2D eigenvalue weighted by molar-refractivity contribution is -0.870. The molecule has 18 heteroatoms. The highest BCUT2D eigenvalue weighted by atomic mass is 35.5. The van der Waals surface area contributed by atoms with Gasteiger partial charge in [-0.2, -0.15) is 4.57 Å². The molecule has 1 amide bonds. The molecule has 0 saturated carbocycles. The van der Waals surface area contributed by atoms with Crippen molar-refractivity contribution < 1.29 is 53.7 Å². The molecule has 0 spiro atoms. The number of carbonyl (C=O) groups is 3. The van der Waals surface area contributed by atoms with Crippen LogP contribution in [0, 0.1) is 19.3 Å². The van der Waals surface area contributed by atoms with E-state index in [1.54, 1.807) is 17.5 Å². The van der Waals surface area contributed by atoms with Crippen LogP contribution in [0.3, 0.4) is 0 Å². The SMILES string of the molecule is C[C@@H](O)[C@H](N)C(=O)OCC(C)(C)C(O)C(=O)NCCC(=O)O.C[N+](C)(C)CCO.Cc1ncc(C[n+]2csc(CCO)c2C)c(N)n1.Cl. The summed E-state index contributed by atoms with van der Waals surface area (Å²) in [6.45, 7) is 9.75. The molecule has 2 aromatic rings. The third-order valence-electron chi connectivity index (χ3n) is 6.63. The summed E-state index contributed by atoms with van der Waals surface area (Å²) in [5.74, 6) is -1.47. The molecule has 48 heavy (non-hydrogen) atoms. The first-order chi connectivity index (χ1) is 21.7. The second-order valence-electron chi connectivity index (χ2n) is 12.6. The maximum Gasteiger partial charge on any atom is 0.325 e. The smallest absolute Gasteiger partial charge is 0.325 e. The van der Waals surface area contributed by atoms with E-state index in [0.717, 1.165) is 22.3 Å². The average Bonchev–Trinajstić information content (AvgIpc) is 3.30. The molecule has 0 aliphatic carbocycles. The van der Waals surface area contributed by atoms with Gasteiger partial charge in [0.1, 0.15) is 30.3 Å². The number of esters is 1. The van der Waals surface area contributed by atoms with Crippen LogP contribution >= 0.6 is 23.7 Å². The van der Waals surface area contributed by atoms with Crippen molar-refractivity contribution >= 4 is 47.4 Å². The van der Waals surface area contributed by atoms with Gasteiger partial charge in [0, 0.05) is 38.1 Å². The number of halogens is 1. The number of aromatic nitrogens is 3. The largest absolute Gasteiger partial charge is 0.481 e. The van der Waals surface area contributed by atoms with E-state index in [1.165, 1.54) is 25.6 Å². The van der Waals surface area contributed by atoms with E-state index < -0.39 is 41.5 Å². The molecule has 16 nitrogen and oxygen atoms in total. The highest BCUT2D eigenvalue weighted by Gasteiger charge is 2.35. The average molecular weight is 726 g/mol. The number of carboxylic acid groups (broad SMARTS) is 1. The molecule has 0 aromatic carbocycles. The highest BCUT2D eigenvalue weighted by molar-refractivity contribution is 7.09. The van der Waals surface area contributed by atoms with Gasteiger partial charge < -0.3 is 51.5 Å². The zero-order valence-electron chi connectivity index (χ0n) is 29.2. The first kappa shape index (κ1) is 47.1. The van der Waals surface area contributed by atoms with Crippen molar-refractivity contribution in [1.29, 1.82) is 0 Å². The van der Waals surface area contributed by atoms with Crippen molar-refractivity contribution in [3.8, 4) is 0 Å². The normalized spacial score (nSPS) is 12.9. The minimum atomic E-state index is -1.50. The van der Waals surface area contributed by atoms with Crippen LogP contribution in [0.2, 0.25) is 0 Å². The predicted molar refractivity (Wildman–Crippen MR) is 183 cm³/mol. The predicted octanol–water partition coefficient (Wildman–Crippen LogP) is -1.07. The molecule has 2 rings (SSSR count). The number of aryl methyl sites for hydroxylation is 1.